The Morgan fingerprint density at radius 1 is 0.976 bits per heavy atom. The highest BCUT2D eigenvalue weighted by molar-refractivity contribution is 9.10. The molecule has 1 aliphatic carbocycles. The molecule has 1 aliphatic rings. The predicted octanol–water partition coefficient (Wildman–Crippen LogP) is 7.63. The molecule has 2 N–H and O–H groups in total. The van der Waals surface area contributed by atoms with E-state index < -0.39 is 0 Å². The van der Waals surface area contributed by atoms with E-state index in [2.05, 4.69) is 27.8 Å². The van der Waals surface area contributed by atoms with E-state index in [1.165, 1.54) is 32.1 Å². The number of rotatable bonds is 13. The molecule has 3 aromatic carbocycles. The topological polar surface area (TPSA) is 91.1 Å². The Balaban J connectivity index is 1.22. The molecule has 1 atom stereocenters. The minimum absolute atomic E-state index is 0.251. The van der Waals surface area contributed by atoms with Crippen LogP contribution in [0.25, 0.3) is 10.8 Å². The third-order valence-electron chi connectivity index (χ3n) is 8.26. The number of esters is 2. The molecule has 42 heavy (non-hydrogen) atoms. The molecular weight excluding hydrogens is 596 g/mol. The number of nitrogens with zero attached hydrogens (tertiary/aromatic N) is 1. The molecule has 0 radical (unpaired) electrons. The minimum Gasteiger partial charge on any atom is -0.497 e. The fourth-order valence-electron chi connectivity index (χ4n) is 5.61. The van der Waals surface area contributed by atoms with E-state index in [-0.39, 0.29) is 31.1 Å². The molecule has 1 fully saturated rings. The van der Waals surface area contributed by atoms with Gasteiger partial charge in [0, 0.05) is 17.1 Å². The van der Waals surface area contributed by atoms with Crippen molar-refractivity contribution in [1.29, 1.82) is 0 Å². The summed E-state index contributed by atoms with van der Waals surface area (Å²) in [5.41, 5.74) is 9.38. The van der Waals surface area contributed by atoms with Gasteiger partial charge in [-0.05, 0) is 101 Å². The Labute approximate surface area is 257 Å². The van der Waals surface area contributed by atoms with Crippen molar-refractivity contribution in [3.05, 3.63) is 69.7 Å². The van der Waals surface area contributed by atoms with Crippen molar-refractivity contribution in [3.8, 4) is 5.75 Å². The first kappa shape index (κ1) is 31.8. The van der Waals surface area contributed by atoms with Gasteiger partial charge in [0.25, 0.3) is 0 Å². The van der Waals surface area contributed by atoms with Crippen LogP contribution in [0.15, 0.2) is 53.0 Å². The maximum Gasteiger partial charge on any atom is 0.338 e. The predicted molar refractivity (Wildman–Crippen MR) is 171 cm³/mol. The average molecular weight is 640 g/mol. The van der Waals surface area contributed by atoms with Crippen LogP contribution in [-0.4, -0.2) is 49.7 Å². The SMILES string of the molecule is CCN(Cc1cc(C(=O)OCCCCOC(=O)C(C)c2ccc3cc(OC)ccc3c2)cc(Br)c1N)C1CCCCC1. The summed E-state index contributed by atoms with van der Waals surface area (Å²) < 4.78 is 17.1. The summed E-state index contributed by atoms with van der Waals surface area (Å²) in [4.78, 5) is 28.0. The second-order valence-corrected chi connectivity index (χ2v) is 11.9. The molecule has 0 heterocycles. The van der Waals surface area contributed by atoms with Gasteiger partial charge in [-0.3, -0.25) is 9.69 Å². The zero-order valence-corrected chi connectivity index (χ0v) is 26.6. The maximum absolute atomic E-state index is 12.8. The smallest absolute Gasteiger partial charge is 0.338 e. The monoisotopic (exact) mass is 638 g/mol. The normalized spacial score (nSPS) is 14.6. The van der Waals surface area contributed by atoms with E-state index in [1.807, 2.05) is 49.4 Å². The average Bonchev–Trinajstić information content (AvgIpc) is 3.02. The molecule has 0 amide bonds. The lowest BCUT2D eigenvalue weighted by Gasteiger charge is -2.34. The molecule has 7 nitrogen and oxygen atoms in total. The number of hydrogen-bond acceptors (Lipinski definition) is 7. The zero-order valence-electron chi connectivity index (χ0n) is 25.0. The molecule has 1 unspecified atom stereocenters. The van der Waals surface area contributed by atoms with Gasteiger partial charge in [0.1, 0.15) is 5.75 Å². The van der Waals surface area contributed by atoms with Crippen LogP contribution in [0.5, 0.6) is 5.75 Å². The van der Waals surface area contributed by atoms with Crippen LogP contribution in [0.4, 0.5) is 5.69 Å². The Kier molecular flexibility index (Phi) is 11.7. The number of carbonyl (C=O) groups excluding carboxylic acids is 2. The highest BCUT2D eigenvalue weighted by Gasteiger charge is 2.22. The molecule has 0 saturated heterocycles. The first-order chi connectivity index (χ1) is 20.3. The lowest BCUT2D eigenvalue weighted by atomic mass is 9.93. The summed E-state index contributed by atoms with van der Waals surface area (Å²) in [6.07, 6.45) is 7.48. The molecule has 0 bridgehead atoms. The number of hydrogen-bond donors (Lipinski definition) is 1. The number of nitrogens with two attached hydrogens (primary N) is 1. The number of ether oxygens (including phenoxy) is 3. The van der Waals surface area contributed by atoms with E-state index >= 15 is 0 Å². The van der Waals surface area contributed by atoms with Gasteiger partial charge in [-0.25, -0.2) is 4.79 Å². The van der Waals surface area contributed by atoms with E-state index in [0.29, 0.717) is 41.2 Å². The Morgan fingerprint density at radius 3 is 2.38 bits per heavy atom. The second-order valence-electron chi connectivity index (χ2n) is 11.1. The van der Waals surface area contributed by atoms with Crippen LogP contribution in [0.2, 0.25) is 0 Å². The number of nitrogen functional groups attached to an aromatic ring is 1. The molecule has 226 valence electrons. The van der Waals surface area contributed by atoms with E-state index in [4.69, 9.17) is 19.9 Å². The lowest BCUT2D eigenvalue weighted by molar-refractivity contribution is -0.145. The van der Waals surface area contributed by atoms with Gasteiger partial charge < -0.3 is 19.9 Å². The highest BCUT2D eigenvalue weighted by atomic mass is 79.9. The van der Waals surface area contributed by atoms with Gasteiger partial charge >= 0.3 is 11.9 Å². The van der Waals surface area contributed by atoms with Gasteiger partial charge in [-0.1, -0.05) is 50.5 Å². The largest absolute Gasteiger partial charge is 0.497 e. The van der Waals surface area contributed by atoms with Crippen molar-refractivity contribution >= 4 is 44.3 Å². The van der Waals surface area contributed by atoms with Gasteiger partial charge in [0.15, 0.2) is 0 Å². The van der Waals surface area contributed by atoms with Crippen molar-refractivity contribution in [1.82, 2.24) is 4.90 Å². The summed E-state index contributed by atoms with van der Waals surface area (Å²) in [6.45, 7) is 6.21. The molecular formula is C34H43BrN2O5. The summed E-state index contributed by atoms with van der Waals surface area (Å²) >= 11 is 3.53. The van der Waals surface area contributed by atoms with Gasteiger partial charge in [0.2, 0.25) is 0 Å². The number of benzene rings is 3. The maximum atomic E-state index is 12.8. The Bertz CT molecular complexity index is 1370. The third kappa shape index (κ3) is 8.26. The van der Waals surface area contributed by atoms with Crippen molar-refractivity contribution in [2.45, 2.75) is 77.3 Å². The minimum atomic E-state index is -0.380. The summed E-state index contributed by atoms with van der Waals surface area (Å²) in [5, 5.41) is 2.10. The molecule has 4 rings (SSSR count). The third-order valence-corrected chi connectivity index (χ3v) is 8.92. The van der Waals surface area contributed by atoms with Crippen LogP contribution in [0, 0.1) is 0 Å². The fourth-order valence-corrected chi connectivity index (χ4v) is 6.11. The van der Waals surface area contributed by atoms with Gasteiger partial charge in [-0.2, -0.15) is 0 Å². The first-order valence-electron chi connectivity index (χ1n) is 15.0. The molecule has 0 spiro atoms. The van der Waals surface area contributed by atoms with Crippen molar-refractivity contribution in [3.63, 3.8) is 0 Å². The fraction of sp³-hybridized carbons (Fsp3) is 0.471. The Morgan fingerprint density at radius 2 is 1.67 bits per heavy atom. The van der Waals surface area contributed by atoms with Crippen molar-refractivity contribution in [2.24, 2.45) is 0 Å². The van der Waals surface area contributed by atoms with E-state index in [0.717, 1.165) is 34.2 Å². The van der Waals surface area contributed by atoms with Gasteiger partial charge in [-0.15, -0.1) is 0 Å². The molecule has 0 aromatic heterocycles. The molecule has 8 heteroatoms. The zero-order chi connectivity index (χ0) is 30.1. The van der Waals surface area contributed by atoms with Crippen molar-refractivity contribution in [2.75, 3.05) is 32.6 Å². The number of carbonyl (C=O) groups is 2. The standard InChI is InChI=1S/C34H43BrN2O5/c1-4-37(29-10-6-5-7-11-29)22-28-19-27(21-31(35)32(28)36)34(39)42-17-9-8-16-41-33(38)23(2)24-12-13-26-20-30(40-3)15-14-25(26)18-24/h12-15,18-21,23,29H,4-11,16-17,22,36H2,1-3H3. The van der Waals surface area contributed by atoms with E-state index in [9.17, 15) is 9.59 Å². The highest BCUT2D eigenvalue weighted by Crippen LogP contribution is 2.30. The second kappa shape index (κ2) is 15.4. The van der Waals surface area contributed by atoms with Crippen LogP contribution >= 0.6 is 15.9 Å². The number of anilines is 1. The van der Waals surface area contributed by atoms with Crippen LogP contribution in [-0.2, 0) is 20.8 Å². The number of halogens is 1. The van der Waals surface area contributed by atoms with Crippen LogP contribution in [0.3, 0.4) is 0 Å². The number of unbranched alkanes of at least 4 members (excludes halogenated alkanes) is 1. The lowest BCUT2D eigenvalue weighted by Crippen LogP contribution is -2.36. The quantitative estimate of drug-likeness (QED) is 0.117. The van der Waals surface area contributed by atoms with E-state index in [1.54, 1.807) is 13.2 Å². The van der Waals surface area contributed by atoms with Crippen LogP contribution < -0.4 is 10.5 Å². The molecule has 0 aliphatic heterocycles. The van der Waals surface area contributed by atoms with Crippen molar-refractivity contribution < 1.29 is 23.8 Å². The molecule has 3 aromatic rings. The summed E-state index contributed by atoms with van der Waals surface area (Å²) in [7, 11) is 1.64. The Hall–Kier alpha value is -3.10. The summed E-state index contributed by atoms with van der Waals surface area (Å²) in [6, 6.07) is 16.0. The first-order valence-corrected chi connectivity index (χ1v) is 15.8. The molecule has 1 saturated carbocycles. The summed E-state index contributed by atoms with van der Waals surface area (Å²) in [5.74, 6) is -0.229. The number of fused-ring (bicyclic) bond motifs is 1. The van der Waals surface area contributed by atoms with Gasteiger partial charge in [0.05, 0.1) is 37.5 Å². The number of methoxy groups -OCH3 is 1. The van der Waals surface area contributed by atoms with Crippen LogP contribution in [0.1, 0.15) is 86.2 Å².